The average molecular weight is 301 g/mol. The number of benzene rings is 1. The molecule has 1 aromatic carbocycles. The van der Waals surface area contributed by atoms with Crippen molar-refractivity contribution in [2.45, 2.75) is 24.8 Å². The molecule has 0 bridgehead atoms. The molecule has 2 N–H and O–H groups in total. The van der Waals surface area contributed by atoms with E-state index in [0.29, 0.717) is 0 Å². The van der Waals surface area contributed by atoms with Gasteiger partial charge in [0, 0.05) is 0 Å². The minimum Gasteiger partial charge on any atom is -0.480 e. The van der Waals surface area contributed by atoms with E-state index < -0.39 is 28.0 Å². The van der Waals surface area contributed by atoms with Crippen molar-refractivity contribution in [3.63, 3.8) is 0 Å². The molecule has 0 aromatic heterocycles. The molecule has 0 aliphatic rings. The lowest BCUT2D eigenvalue weighted by Crippen LogP contribution is -2.38. The molecule has 1 aromatic rings. The summed E-state index contributed by atoms with van der Waals surface area (Å²) in [5.41, 5.74) is 0.220. The summed E-state index contributed by atoms with van der Waals surface area (Å²) in [6, 6.07) is 3.78. The predicted octanol–water partition coefficient (Wildman–Crippen LogP) is 0.615. The van der Waals surface area contributed by atoms with Crippen molar-refractivity contribution in [1.29, 1.82) is 0 Å². The van der Waals surface area contributed by atoms with E-state index in [9.17, 15) is 18.0 Å². The first-order valence-corrected chi connectivity index (χ1v) is 7.28. The van der Waals surface area contributed by atoms with Crippen LogP contribution in [0.4, 0.5) is 0 Å². The Bertz CT molecular complexity index is 593. The maximum absolute atomic E-state index is 11.9. The third-order valence-corrected chi connectivity index (χ3v) is 3.93. The Morgan fingerprint density at radius 1 is 1.30 bits per heavy atom. The number of ether oxygens (including phenoxy) is 1. The van der Waals surface area contributed by atoms with E-state index in [2.05, 4.69) is 0 Å². The van der Waals surface area contributed by atoms with Gasteiger partial charge < -0.3 is 9.84 Å². The summed E-state index contributed by atoms with van der Waals surface area (Å²) in [6.45, 7) is 3.09. The van der Waals surface area contributed by atoms with Gasteiger partial charge in [-0.3, -0.25) is 4.79 Å². The summed E-state index contributed by atoms with van der Waals surface area (Å²) >= 11 is 0. The number of aliphatic carboxylic acids is 1. The van der Waals surface area contributed by atoms with Gasteiger partial charge in [-0.1, -0.05) is 0 Å². The van der Waals surface area contributed by atoms with Gasteiger partial charge in [0.15, 0.2) is 0 Å². The Kier molecular flexibility index (Phi) is 5.23. The van der Waals surface area contributed by atoms with Crippen LogP contribution in [-0.2, 0) is 19.6 Å². The van der Waals surface area contributed by atoms with E-state index in [1.807, 2.05) is 4.72 Å². The number of sulfonamides is 1. The molecule has 8 heteroatoms. The summed E-state index contributed by atoms with van der Waals surface area (Å²) in [5.74, 6) is -1.83. The summed E-state index contributed by atoms with van der Waals surface area (Å²) in [7, 11) is -3.94. The molecular weight excluding hydrogens is 286 g/mol. The Morgan fingerprint density at radius 3 is 2.30 bits per heavy atom. The van der Waals surface area contributed by atoms with Gasteiger partial charge in [-0.2, -0.15) is 4.72 Å². The highest BCUT2D eigenvalue weighted by atomic mass is 32.2. The molecule has 0 amide bonds. The third kappa shape index (κ3) is 4.04. The van der Waals surface area contributed by atoms with Gasteiger partial charge in [0.05, 0.1) is 17.1 Å². The van der Waals surface area contributed by atoms with E-state index in [4.69, 9.17) is 9.84 Å². The van der Waals surface area contributed by atoms with Crippen LogP contribution in [0.2, 0.25) is 0 Å². The molecule has 1 rings (SSSR count). The highest BCUT2D eigenvalue weighted by Crippen LogP contribution is 2.12. The quantitative estimate of drug-likeness (QED) is 0.745. The van der Waals surface area contributed by atoms with Crippen LogP contribution < -0.4 is 4.72 Å². The second-order valence-electron chi connectivity index (χ2n) is 3.93. The number of carbonyl (C=O) groups is 2. The van der Waals surface area contributed by atoms with Crippen molar-refractivity contribution in [1.82, 2.24) is 4.72 Å². The number of carboxylic acids is 1. The first-order chi connectivity index (χ1) is 9.27. The van der Waals surface area contributed by atoms with Gasteiger partial charge >= 0.3 is 11.9 Å². The summed E-state index contributed by atoms with van der Waals surface area (Å²) < 4.78 is 30.5. The number of nitrogens with one attached hydrogen (secondary N) is 1. The zero-order chi connectivity index (χ0) is 15.3. The molecule has 0 spiro atoms. The van der Waals surface area contributed by atoms with Crippen LogP contribution in [0, 0.1) is 0 Å². The number of carboxylic acid groups (broad SMARTS) is 1. The molecule has 0 aliphatic heterocycles. The van der Waals surface area contributed by atoms with Crippen LogP contribution >= 0.6 is 0 Å². The highest BCUT2D eigenvalue weighted by molar-refractivity contribution is 7.89. The predicted molar refractivity (Wildman–Crippen MR) is 69.8 cm³/mol. The van der Waals surface area contributed by atoms with Gasteiger partial charge in [-0.15, -0.1) is 0 Å². The monoisotopic (exact) mass is 301 g/mol. The third-order valence-electron chi connectivity index (χ3n) is 2.38. The fraction of sp³-hybridized carbons (Fsp3) is 0.333. The first-order valence-electron chi connectivity index (χ1n) is 5.80. The van der Waals surface area contributed by atoms with Crippen molar-refractivity contribution in [3.8, 4) is 0 Å². The average Bonchev–Trinajstić information content (AvgIpc) is 2.38. The maximum atomic E-state index is 11.9. The largest absolute Gasteiger partial charge is 0.480 e. The molecule has 0 saturated carbocycles. The molecule has 0 fully saturated rings. The van der Waals surface area contributed by atoms with Gasteiger partial charge in [0.1, 0.15) is 6.04 Å². The number of hydrogen-bond donors (Lipinski definition) is 2. The zero-order valence-electron chi connectivity index (χ0n) is 11.0. The minimum atomic E-state index is -3.94. The lowest BCUT2D eigenvalue weighted by Gasteiger charge is -2.10. The van der Waals surface area contributed by atoms with Gasteiger partial charge in [0.2, 0.25) is 10.0 Å². The molecular formula is C12H15NO6S. The summed E-state index contributed by atoms with van der Waals surface area (Å²) in [5, 5.41) is 8.68. The molecule has 110 valence electrons. The molecule has 0 saturated heterocycles. The van der Waals surface area contributed by atoms with Gasteiger partial charge in [0.25, 0.3) is 0 Å². The van der Waals surface area contributed by atoms with E-state index in [1.54, 1.807) is 6.92 Å². The zero-order valence-corrected chi connectivity index (χ0v) is 11.8. The van der Waals surface area contributed by atoms with Crippen LogP contribution in [0.15, 0.2) is 29.2 Å². The summed E-state index contributed by atoms with van der Waals surface area (Å²) in [4.78, 5) is 21.9. The van der Waals surface area contributed by atoms with E-state index in [0.717, 1.165) is 0 Å². The number of hydrogen-bond acceptors (Lipinski definition) is 5. The normalized spacial score (nSPS) is 12.7. The van der Waals surface area contributed by atoms with Crippen molar-refractivity contribution >= 4 is 22.0 Å². The molecule has 1 unspecified atom stereocenters. The second-order valence-corrected chi connectivity index (χ2v) is 5.64. The lowest BCUT2D eigenvalue weighted by molar-refractivity contribution is -0.138. The Morgan fingerprint density at radius 2 is 1.85 bits per heavy atom. The topological polar surface area (TPSA) is 110 Å². The highest BCUT2D eigenvalue weighted by Gasteiger charge is 2.21. The maximum Gasteiger partial charge on any atom is 0.338 e. The van der Waals surface area contributed by atoms with Crippen molar-refractivity contribution in [2.75, 3.05) is 6.61 Å². The molecule has 20 heavy (non-hydrogen) atoms. The number of esters is 1. The lowest BCUT2D eigenvalue weighted by atomic mass is 10.2. The van der Waals surface area contributed by atoms with Crippen LogP contribution in [0.5, 0.6) is 0 Å². The fourth-order valence-electron chi connectivity index (χ4n) is 1.34. The number of rotatable bonds is 6. The molecule has 0 heterocycles. The number of carbonyl (C=O) groups excluding carboxylic acids is 1. The smallest absolute Gasteiger partial charge is 0.338 e. The molecule has 7 nitrogen and oxygen atoms in total. The van der Waals surface area contributed by atoms with Crippen molar-refractivity contribution in [3.05, 3.63) is 29.8 Å². The standard InChI is InChI=1S/C12H15NO6S/c1-3-19-12(16)9-4-6-10(7-5-9)20(17,18)13-8(2)11(14)15/h4-8,13H,3H2,1-2H3,(H,14,15). The molecule has 1 atom stereocenters. The van der Waals surface area contributed by atoms with E-state index >= 15 is 0 Å². The minimum absolute atomic E-state index is 0.126. The van der Waals surface area contributed by atoms with Crippen LogP contribution in [0.1, 0.15) is 24.2 Å². The Balaban J connectivity index is 2.92. The molecule has 0 radical (unpaired) electrons. The van der Waals surface area contributed by atoms with Gasteiger partial charge in [-0.25, -0.2) is 13.2 Å². The van der Waals surface area contributed by atoms with Crippen LogP contribution in [-0.4, -0.2) is 38.1 Å². The van der Waals surface area contributed by atoms with Crippen LogP contribution in [0.3, 0.4) is 0 Å². The molecule has 0 aliphatic carbocycles. The van der Waals surface area contributed by atoms with E-state index in [-0.39, 0.29) is 17.1 Å². The summed E-state index contributed by atoms with van der Waals surface area (Å²) in [6.07, 6.45) is 0. The van der Waals surface area contributed by atoms with Crippen molar-refractivity contribution < 1.29 is 27.9 Å². The van der Waals surface area contributed by atoms with Crippen LogP contribution in [0.25, 0.3) is 0 Å². The second kappa shape index (κ2) is 6.49. The Hall–Kier alpha value is -1.93. The SMILES string of the molecule is CCOC(=O)c1ccc(S(=O)(=O)NC(C)C(=O)O)cc1. The fourth-order valence-corrected chi connectivity index (χ4v) is 2.53. The van der Waals surface area contributed by atoms with Crippen molar-refractivity contribution in [2.24, 2.45) is 0 Å². The van der Waals surface area contributed by atoms with Gasteiger partial charge in [-0.05, 0) is 38.1 Å². The first kappa shape index (κ1) is 16.1. The van der Waals surface area contributed by atoms with E-state index in [1.165, 1.54) is 31.2 Å². The Labute approximate surface area is 116 Å².